The molecule has 148 valence electrons. The van der Waals surface area contributed by atoms with Crippen molar-refractivity contribution < 1.29 is 4.79 Å². The third-order valence-corrected chi connectivity index (χ3v) is 6.74. The minimum absolute atomic E-state index is 0.246. The number of carbonyl (C=O) groups is 1. The van der Waals surface area contributed by atoms with E-state index in [1.54, 1.807) is 0 Å². The van der Waals surface area contributed by atoms with Crippen LogP contribution < -0.4 is 5.32 Å². The first-order valence-electron chi connectivity index (χ1n) is 11.4. The third kappa shape index (κ3) is 6.59. The molecule has 0 aromatic carbocycles. The topological polar surface area (TPSA) is 44.7 Å². The van der Waals surface area contributed by atoms with Crippen LogP contribution in [0.3, 0.4) is 0 Å². The van der Waals surface area contributed by atoms with Gasteiger partial charge in [0.2, 0.25) is 5.91 Å². The van der Waals surface area contributed by atoms with Gasteiger partial charge in [0, 0.05) is 32.5 Å². The minimum atomic E-state index is 0.246. The van der Waals surface area contributed by atoms with Crippen LogP contribution in [-0.2, 0) is 4.79 Å². The zero-order valence-electron chi connectivity index (χ0n) is 16.7. The summed E-state index contributed by atoms with van der Waals surface area (Å²) in [5.74, 6) is 3.27. The molecular formula is C22H39N3O. The second-order valence-corrected chi connectivity index (χ2v) is 8.72. The average molecular weight is 362 g/mol. The van der Waals surface area contributed by atoms with Crippen LogP contribution in [0.15, 0.2) is 4.99 Å². The van der Waals surface area contributed by atoms with Gasteiger partial charge in [-0.2, -0.15) is 0 Å². The van der Waals surface area contributed by atoms with Crippen LogP contribution in [0, 0.1) is 11.8 Å². The molecule has 1 heterocycles. The maximum atomic E-state index is 12.1. The quantitative estimate of drug-likeness (QED) is 0.655. The number of nitrogens with one attached hydrogen (secondary N) is 1. The molecule has 0 atom stereocenters. The van der Waals surface area contributed by atoms with E-state index in [1.807, 2.05) is 0 Å². The summed E-state index contributed by atoms with van der Waals surface area (Å²) in [5, 5.41) is 3.14. The molecule has 1 amide bonds. The number of hydrogen-bond donors (Lipinski definition) is 1. The van der Waals surface area contributed by atoms with E-state index in [2.05, 4.69) is 10.2 Å². The van der Waals surface area contributed by atoms with Crippen molar-refractivity contribution in [3.63, 3.8) is 0 Å². The van der Waals surface area contributed by atoms with E-state index < -0.39 is 0 Å². The lowest BCUT2D eigenvalue weighted by Gasteiger charge is -2.24. The molecule has 0 unspecified atom stereocenters. The van der Waals surface area contributed by atoms with Crippen molar-refractivity contribution in [3.05, 3.63) is 0 Å². The fraction of sp³-hybridized carbons (Fsp3) is 0.909. The van der Waals surface area contributed by atoms with Gasteiger partial charge < -0.3 is 10.2 Å². The van der Waals surface area contributed by atoms with E-state index in [1.165, 1.54) is 76.5 Å². The Morgan fingerprint density at radius 1 is 0.962 bits per heavy atom. The van der Waals surface area contributed by atoms with Gasteiger partial charge in [-0.15, -0.1) is 0 Å². The van der Waals surface area contributed by atoms with Crippen molar-refractivity contribution in [2.75, 3.05) is 26.2 Å². The van der Waals surface area contributed by atoms with Crippen LogP contribution in [-0.4, -0.2) is 42.8 Å². The van der Waals surface area contributed by atoms with Crippen LogP contribution in [0.4, 0.5) is 0 Å². The van der Waals surface area contributed by atoms with E-state index >= 15 is 0 Å². The molecule has 3 rings (SSSR count). The number of amidine groups is 1. The summed E-state index contributed by atoms with van der Waals surface area (Å²) in [6.45, 7) is 3.68. The van der Waals surface area contributed by atoms with Gasteiger partial charge in [-0.05, 0) is 24.7 Å². The number of rotatable bonds is 9. The Balaban J connectivity index is 1.27. The fourth-order valence-corrected chi connectivity index (χ4v) is 5.05. The maximum Gasteiger partial charge on any atom is 0.220 e. The van der Waals surface area contributed by atoms with Crippen molar-refractivity contribution in [1.29, 1.82) is 0 Å². The molecule has 2 fully saturated rings. The molecule has 1 N–H and O–H groups in total. The van der Waals surface area contributed by atoms with Crippen LogP contribution in [0.5, 0.6) is 0 Å². The normalized spacial score (nSPS) is 22.5. The lowest BCUT2D eigenvalue weighted by molar-refractivity contribution is -0.121. The van der Waals surface area contributed by atoms with Crippen LogP contribution in [0.1, 0.15) is 89.9 Å². The summed E-state index contributed by atoms with van der Waals surface area (Å²) in [7, 11) is 0. The Labute approximate surface area is 160 Å². The van der Waals surface area contributed by atoms with Gasteiger partial charge in [0.1, 0.15) is 0 Å². The first-order chi connectivity index (χ1) is 12.8. The Morgan fingerprint density at radius 3 is 2.31 bits per heavy atom. The van der Waals surface area contributed by atoms with E-state index in [-0.39, 0.29) is 5.91 Å². The summed E-state index contributed by atoms with van der Waals surface area (Å²) in [5.41, 5.74) is 0. The second-order valence-electron chi connectivity index (χ2n) is 8.72. The molecule has 0 radical (unpaired) electrons. The van der Waals surface area contributed by atoms with Crippen LogP contribution in [0.25, 0.3) is 0 Å². The summed E-state index contributed by atoms with van der Waals surface area (Å²) in [6, 6.07) is 0. The van der Waals surface area contributed by atoms with Crippen molar-refractivity contribution in [2.24, 2.45) is 16.8 Å². The predicted molar refractivity (Wildman–Crippen MR) is 109 cm³/mol. The van der Waals surface area contributed by atoms with E-state index in [9.17, 15) is 4.79 Å². The molecule has 1 aliphatic heterocycles. The standard InChI is InChI=1S/C22H39N3O/c26-22(14-12-20-9-5-2-6-10-20)24-16-18-25-17-15-23-21(25)13-11-19-7-3-1-4-8-19/h19-20H,1-18H2,(H,24,26). The van der Waals surface area contributed by atoms with Crippen molar-refractivity contribution in [1.82, 2.24) is 10.2 Å². The lowest BCUT2D eigenvalue weighted by atomic mass is 9.86. The van der Waals surface area contributed by atoms with E-state index in [0.717, 1.165) is 50.9 Å². The summed E-state index contributed by atoms with van der Waals surface area (Å²) in [6.07, 6.45) is 18.2. The van der Waals surface area contributed by atoms with Crippen molar-refractivity contribution in [3.8, 4) is 0 Å². The van der Waals surface area contributed by atoms with Crippen molar-refractivity contribution >= 4 is 11.7 Å². The Hall–Kier alpha value is -1.06. The van der Waals surface area contributed by atoms with Crippen LogP contribution >= 0.6 is 0 Å². The lowest BCUT2D eigenvalue weighted by Crippen LogP contribution is -2.37. The van der Waals surface area contributed by atoms with Gasteiger partial charge in [-0.25, -0.2) is 0 Å². The number of carbonyl (C=O) groups excluding carboxylic acids is 1. The Bertz CT molecular complexity index is 450. The monoisotopic (exact) mass is 361 g/mol. The smallest absolute Gasteiger partial charge is 0.220 e. The van der Waals surface area contributed by atoms with Gasteiger partial charge in [0.05, 0.1) is 12.4 Å². The molecule has 2 aliphatic carbocycles. The van der Waals surface area contributed by atoms with Gasteiger partial charge in [0.25, 0.3) is 0 Å². The largest absolute Gasteiger partial charge is 0.357 e. The molecule has 2 saturated carbocycles. The van der Waals surface area contributed by atoms with Gasteiger partial charge in [-0.3, -0.25) is 9.79 Å². The Morgan fingerprint density at radius 2 is 1.62 bits per heavy atom. The molecule has 26 heavy (non-hydrogen) atoms. The van der Waals surface area contributed by atoms with E-state index in [4.69, 9.17) is 4.99 Å². The highest BCUT2D eigenvalue weighted by Gasteiger charge is 2.20. The van der Waals surface area contributed by atoms with Crippen LogP contribution in [0.2, 0.25) is 0 Å². The summed E-state index contributed by atoms with van der Waals surface area (Å²) in [4.78, 5) is 19.2. The molecule has 0 spiro atoms. The molecule has 0 saturated heterocycles. The average Bonchev–Trinajstić information content (AvgIpc) is 3.14. The predicted octanol–water partition coefficient (Wildman–Crippen LogP) is 4.54. The summed E-state index contributed by atoms with van der Waals surface area (Å²) >= 11 is 0. The van der Waals surface area contributed by atoms with E-state index in [0.29, 0.717) is 6.42 Å². The molecule has 0 bridgehead atoms. The molecule has 4 nitrogen and oxygen atoms in total. The molecule has 0 aromatic heterocycles. The first kappa shape index (κ1) is 19.7. The molecule has 3 aliphatic rings. The number of aliphatic imine (C=N–C) groups is 1. The maximum absolute atomic E-state index is 12.1. The third-order valence-electron chi connectivity index (χ3n) is 6.74. The SMILES string of the molecule is O=C(CCC1CCCCC1)NCCN1CCN=C1CCC1CCCCC1. The molecular weight excluding hydrogens is 322 g/mol. The van der Waals surface area contributed by atoms with Crippen molar-refractivity contribution in [2.45, 2.75) is 89.9 Å². The van der Waals surface area contributed by atoms with Gasteiger partial charge in [0.15, 0.2) is 0 Å². The molecule has 4 heteroatoms. The minimum Gasteiger partial charge on any atom is -0.357 e. The highest BCUT2D eigenvalue weighted by molar-refractivity contribution is 5.83. The fourth-order valence-electron chi connectivity index (χ4n) is 5.05. The zero-order valence-corrected chi connectivity index (χ0v) is 16.7. The zero-order chi connectivity index (χ0) is 18.0. The highest BCUT2D eigenvalue weighted by Crippen LogP contribution is 2.28. The number of amides is 1. The first-order valence-corrected chi connectivity index (χ1v) is 11.4. The number of nitrogens with zero attached hydrogens (tertiary/aromatic N) is 2. The highest BCUT2D eigenvalue weighted by atomic mass is 16.1. The summed E-state index contributed by atoms with van der Waals surface area (Å²) < 4.78 is 0. The van der Waals surface area contributed by atoms with Gasteiger partial charge in [-0.1, -0.05) is 64.2 Å². The second kappa shape index (κ2) is 10.9. The molecule has 0 aromatic rings. The number of hydrogen-bond acceptors (Lipinski definition) is 3. The van der Waals surface area contributed by atoms with Gasteiger partial charge >= 0.3 is 0 Å². The Kier molecular flexibility index (Phi) is 8.28.